The van der Waals surface area contributed by atoms with Gasteiger partial charge in [0.05, 0.1) is 6.20 Å². The maximum absolute atomic E-state index is 12.9. The normalized spacial score (nSPS) is 16.4. The zero-order chi connectivity index (χ0) is 17.1. The van der Waals surface area contributed by atoms with Crippen LogP contribution in [0.5, 0.6) is 0 Å². The van der Waals surface area contributed by atoms with Crippen molar-refractivity contribution in [2.24, 2.45) is 7.05 Å². The molecule has 1 aliphatic rings. The third-order valence-electron chi connectivity index (χ3n) is 5.03. The molecule has 0 bridgehead atoms. The topological polar surface area (TPSA) is 50.2 Å². The average Bonchev–Trinajstić information content (AvgIpc) is 3.02. The van der Waals surface area contributed by atoms with E-state index >= 15 is 0 Å². The third-order valence-corrected chi connectivity index (χ3v) is 5.03. The molecule has 0 spiro atoms. The van der Waals surface area contributed by atoms with Crippen LogP contribution in [0.4, 0.5) is 0 Å². The first-order valence-electron chi connectivity index (χ1n) is 8.60. The number of aromatic nitrogens is 2. The van der Waals surface area contributed by atoms with E-state index in [1.807, 2.05) is 25.2 Å². The van der Waals surface area contributed by atoms with Crippen LogP contribution >= 0.6 is 12.4 Å². The molecule has 1 fully saturated rings. The van der Waals surface area contributed by atoms with Crippen molar-refractivity contribution in [2.45, 2.75) is 31.7 Å². The van der Waals surface area contributed by atoms with Gasteiger partial charge >= 0.3 is 0 Å². The van der Waals surface area contributed by atoms with E-state index in [-0.39, 0.29) is 24.4 Å². The molecule has 2 heterocycles. The number of benzene rings is 1. The molecule has 0 aliphatic carbocycles. The number of carbonyl (C=O) groups is 1. The smallest absolute Gasteiger partial charge is 0.244 e. The van der Waals surface area contributed by atoms with Gasteiger partial charge in [0.2, 0.25) is 5.91 Å². The van der Waals surface area contributed by atoms with Gasteiger partial charge < -0.3 is 10.2 Å². The summed E-state index contributed by atoms with van der Waals surface area (Å²) in [5, 5.41) is 7.32. The second kappa shape index (κ2) is 8.50. The number of carbonyl (C=O) groups excluding carboxylic acids is 1. The fraction of sp³-hybridized carbons (Fsp3) is 0.474. The Morgan fingerprint density at radius 1 is 1.28 bits per heavy atom. The molecule has 1 amide bonds. The van der Waals surface area contributed by atoms with E-state index < -0.39 is 0 Å². The van der Waals surface area contributed by atoms with Crippen LogP contribution in [-0.2, 0) is 11.8 Å². The first-order chi connectivity index (χ1) is 11.6. The van der Waals surface area contributed by atoms with Gasteiger partial charge in [-0.15, -0.1) is 12.4 Å². The second-order valence-electron chi connectivity index (χ2n) is 6.63. The fourth-order valence-electron chi connectivity index (χ4n) is 3.66. The Kier molecular flexibility index (Phi) is 6.62. The Bertz CT molecular complexity index is 707. The van der Waals surface area contributed by atoms with E-state index in [2.05, 4.69) is 41.6 Å². The van der Waals surface area contributed by atoms with E-state index in [1.165, 1.54) is 11.1 Å². The lowest BCUT2D eigenvalue weighted by molar-refractivity contribution is -0.134. The van der Waals surface area contributed by atoms with Crippen LogP contribution in [0.3, 0.4) is 0 Å². The molecule has 0 radical (unpaired) electrons. The van der Waals surface area contributed by atoms with Gasteiger partial charge in [0.1, 0.15) is 6.04 Å². The third kappa shape index (κ3) is 4.22. The van der Waals surface area contributed by atoms with Crippen LogP contribution in [0.25, 0.3) is 0 Å². The van der Waals surface area contributed by atoms with Crippen molar-refractivity contribution in [1.29, 1.82) is 0 Å². The lowest BCUT2D eigenvalue weighted by Crippen LogP contribution is -2.43. The Hall–Kier alpha value is -1.85. The monoisotopic (exact) mass is 362 g/mol. The van der Waals surface area contributed by atoms with Crippen LogP contribution < -0.4 is 5.32 Å². The number of halogens is 1. The van der Waals surface area contributed by atoms with Crippen molar-refractivity contribution < 1.29 is 4.79 Å². The molecular formula is C19H27ClN4O. The average molecular weight is 363 g/mol. The molecule has 6 heteroatoms. The highest BCUT2D eigenvalue weighted by Gasteiger charge is 2.29. The first-order valence-corrected chi connectivity index (χ1v) is 8.60. The quantitative estimate of drug-likeness (QED) is 0.909. The van der Waals surface area contributed by atoms with Gasteiger partial charge in [-0.05, 0) is 43.9 Å². The van der Waals surface area contributed by atoms with Crippen molar-refractivity contribution in [2.75, 3.05) is 20.1 Å². The van der Waals surface area contributed by atoms with Crippen molar-refractivity contribution in [3.63, 3.8) is 0 Å². The zero-order valence-corrected chi connectivity index (χ0v) is 15.9. The van der Waals surface area contributed by atoms with E-state index in [4.69, 9.17) is 0 Å². The molecule has 1 aromatic carbocycles. The molecule has 1 atom stereocenters. The maximum Gasteiger partial charge on any atom is 0.244 e. The molecule has 0 saturated carbocycles. The number of hydrogen-bond acceptors (Lipinski definition) is 3. The Balaban J connectivity index is 0.00000225. The summed E-state index contributed by atoms with van der Waals surface area (Å²) in [6, 6.07) is 8.28. The molecule has 5 nitrogen and oxygen atoms in total. The lowest BCUT2D eigenvalue weighted by Gasteiger charge is -2.34. The summed E-state index contributed by atoms with van der Waals surface area (Å²) in [6.45, 7) is 3.80. The molecule has 1 aliphatic heterocycles. The van der Waals surface area contributed by atoms with E-state index in [0.29, 0.717) is 5.92 Å². The Labute approximate surface area is 155 Å². The largest absolute Gasteiger partial charge is 0.341 e. The Morgan fingerprint density at radius 3 is 2.52 bits per heavy atom. The molecule has 3 rings (SSSR count). The van der Waals surface area contributed by atoms with Crippen molar-refractivity contribution >= 4 is 18.3 Å². The van der Waals surface area contributed by atoms with Crippen LogP contribution in [0.15, 0.2) is 36.7 Å². The summed E-state index contributed by atoms with van der Waals surface area (Å²) in [7, 11) is 3.70. The predicted molar refractivity (Wildman–Crippen MR) is 102 cm³/mol. The number of nitrogens with one attached hydrogen (secondary N) is 1. The van der Waals surface area contributed by atoms with Crippen molar-refractivity contribution in [3.8, 4) is 0 Å². The van der Waals surface area contributed by atoms with E-state index in [0.717, 1.165) is 31.5 Å². The minimum absolute atomic E-state index is 0. The van der Waals surface area contributed by atoms with E-state index in [1.54, 1.807) is 10.9 Å². The fourth-order valence-corrected chi connectivity index (χ4v) is 3.66. The van der Waals surface area contributed by atoms with Crippen LogP contribution in [0.1, 0.15) is 41.5 Å². The molecule has 1 saturated heterocycles. The molecule has 1 unspecified atom stereocenters. The maximum atomic E-state index is 12.9. The Morgan fingerprint density at radius 2 is 1.96 bits per heavy atom. The number of rotatable bonds is 4. The second-order valence-corrected chi connectivity index (χ2v) is 6.63. The number of nitrogens with zero attached hydrogens (tertiary/aromatic N) is 3. The summed E-state index contributed by atoms with van der Waals surface area (Å²) in [6.07, 6.45) is 5.72. The summed E-state index contributed by atoms with van der Waals surface area (Å²) >= 11 is 0. The first kappa shape index (κ1) is 19.5. The highest BCUT2D eigenvalue weighted by molar-refractivity contribution is 5.85. The highest BCUT2D eigenvalue weighted by Crippen LogP contribution is 2.31. The number of hydrogen-bond donors (Lipinski definition) is 1. The van der Waals surface area contributed by atoms with Crippen LogP contribution in [0, 0.1) is 6.92 Å². The summed E-state index contributed by atoms with van der Waals surface area (Å²) < 4.78 is 1.73. The van der Waals surface area contributed by atoms with Crippen LogP contribution in [0.2, 0.25) is 0 Å². The van der Waals surface area contributed by atoms with Crippen molar-refractivity contribution in [3.05, 3.63) is 53.3 Å². The number of piperidine rings is 1. The standard InChI is InChI=1S/C19H26N4O.ClH/c1-14-6-4-5-7-17(14)15-8-10-23(11-9-15)19(24)18(20-2)16-12-21-22(3)13-16;/h4-7,12-13,15,18,20H,8-11H2,1-3H3;1H. The van der Waals surface area contributed by atoms with Gasteiger partial charge in [-0.2, -0.15) is 5.10 Å². The number of likely N-dealkylation sites (tertiary alicyclic amines) is 1. The lowest BCUT2D eigenvalue weighted by atomic mass is 9.86. The van der Waals surface area contributed by atoms with Gasteiger partial charge in [-0.1, -0.05) is 24.3 Å². The summed E-state index contributed by atoms with van der Waals surface area (Å²) in [5.41, 5.74) is 3.71. The number of aryl methyl sites for hydroxylation is 2. The number of likely N-dealkylation sites (N-methyl/N-ethyl adjacent to an activating group) is 1. The summed E-state index contributed by atoms with van der Waals surface area (Å²) in [4.78, 5) is 14.9. The molecule has 136 valence electrons. The van der Waals surface area contributed by atoms with Gasteiger partial charge in [0, 0.05) is 31.9 Å². The van der Waals surface area contributed by atoms with Crippen LogP contribution in [-0.4, -0.2) is 40.7 Å². The zero-order valence-electron chi connectivity index (χ0n) is 15.1. The molecular weight excluding hydrogens is 336 g/mol. The molecule has 1 N–H and O–H groups in total. The minimum Gasteiger partial charge on any atom is -0.341 e. The molecule has 25 heavy (non-hydrogen) atoms. The van der Waals surface area contributed by atoms with Gasteiger partial charge in [0.25, 0.3) is 0 Å². The molecule has 1 aromatic heterocycles. The minimum atomic E-state index is -0.311. The van der Waals surface area contributed by atoms with Gasteiger partial charge in [0.15, 0.2) is 0 Å². The van der Waals surface area contributed by atoms with Crippen molar-refractivity contribution in [1.82, 2.24) is 20.0 Å². The molecule has 2 aromatic rings. The van der Waals surface area contributed by atoms with Gasteiger partial charge in [-0.25, -0.2) is 0 Å². The number of amides is 1. The summed E-state index contributed by atoms with van der Waals surface area (Å²) in [5.74, 6) is 0.704. The van der Waals surface area contributed by atoms with Gasteiger partial charge in [-0.3, -0.25) is 9.48 Å². The SMILES string of the molecule is CNC(C(=O)N1CCC(c2ccccc2C)CC1)c1cnn(C)c1.Cl. The van der Waals surface area contributed by atoms with E-state index in [9.17, 15) is 4.79 Å². The highest BCUT2D eigenvalue weighted by atomic mass is 35.5. The predicted octanol–water partition coefficient (Wildman–Crippen LogP) is 2.82.